The van der Waals surface area contributed by atoms with Crippen molar-refractivity contribution in [1.29, 1.82) is 0 Å². The second-order valence-electron chi connectivity index (χ2n) is 8.45. The molecule has 0 atom stereocenters. The molecule has 1 N–H and O–H groups in total. The van der Waals surface area contributed by atoms with Gasteiger partial charge < -0.3 is 14.6 Å². The van der Waals surface area contributed by atoms with Crippen molar-refractivity contribution in [2.24, 2.45) is 0 Å². The number of morpholine rings is 1. The van der Waals surface area contributed by atoms with E-state index in [1.165, 1.54) is 23.5 Å². The van der Waals surface area contributed by atoms with Gasteiger partial charge in [-0.3, -0.25) is 4.90 Å². The van der Waals surface area contributed by atoms with Crippen LogP contribution in [0.4, 0.5) is 13.2 Å². The summed E-state index contributed by atoms with van der Waals surface area (Å²) in [6.07, 6.45) is -3.68. The number of thiazole rings is 1. The standard InChI is InChI=1S/C26H27F3N2O4S2/c1-2-17-13-20(7-8-22(17)35-15-24(32)33)36-16-23-21(14-31-9-11-34-12-10-31)30-25(37-23)18-3-5-19(6-4-18)26(27,28)29/h3-8,13H,2,9-12,14-16H2,1H3,(H,32,33). The second-order valence-corrected chi connectivity index (χ2v) is 10.6. The first-order valence-corrected chi connectivity index (χ1v) is 13.6. The molecule has 1 saturated heterocycles. The van der Waals surface area contributed by atoms with Crippen LogP contribution in [0.3, 0.4) is 0 Å². The number of alkyl halides is 3. The largest absolute Gasteiger partial charge is 0.482 e. The van der Waals surface area contributed by atoms with E-state index in [4.69, 9.17) is 19.6 Å². The zero-order chi connectivity index (χ0) is 26.4. The van der Waals surface area contributed by atoms with Gasteiger partial charge in [0.05, 0.1) is 24.5 Å². The molecule has 0 aliphatic carbocycles. The van der Waals surface area contributed by atoms with Crippen molar-refractivity contribution in [3.8, 4) is 16.3 Å². The molecule has 1 aliphatic heterocycles. The third kappa shape index (κ3) is 7.47. The van der Waals surface area contributed by atoms with Crippen LogP contribution < -0.4 is 4.74 Å². The topological polar surface area (TPSA) is 71.9 Å². The van der Waals surface area contributed by atoms with Gasteiger partial charge in [-0.2, -0.15) is 13.2 Å². The Morgan fingerprint density at radius 1 is 1.19 bits per heavy atom. The second kappa shape index (κ2) is 12.3. The number of rotatable bonds is 10. The van der Waals surface area contributed by atoms with Crippen LogP contribution in [0.1, 0.15) is 28.6 Å². The lowest BCUT2D eigenvalue weighted by Crippen LogP contribution is -2.35. The van der Waals surface area contributed by atoms with Gasteiger partial charge in [0.25, 0.3) is 0 Å². The summed E-state index contributed by atoms with van der Waals surface area (Å²) in [4.78, 5) is 20.0. The highest BCUT2D eigenvalue weighted by atomic mass is 32.2. The lowest BCUT2D eigenvalue weighted by molar-refractivity contribution is -0.139. The van der Waals surface area contributed by atoms with Gasteiger partial charge in [-0.05, 0) is 42.3 Å². The number of carboxylic acids is 1. The Hall–Kier alpha value is -2.60. The minimum Gasteiger partial charge on any atom is -0.482 e. The third-order valence-corrected chi connectivity index (χ3v) is 8.20. The fraction of sp³-hybridized carbons (Fsp3) is 0.385. The van der Waals surface area contributed by atoms with Gasteiger partial charge in [0.2, 0.25) is 0 Å². The molecule has 0 amide bonds. The van der Waals surface area contributed by atoms with Crippen LogP contribution in [0.2, 0.25) is 0 Å². The molecule has 1 aliphatic rings. The normalized spacial score (nSPS) is 14.6. The van der Waals surface area contributed by atoms with Crippen molar-refractivity contribution in [2.75, 3.05) is 32.9 Å². The number of hydrogen-bond acceptors (Lipinski definition) is 7. The average molecular weight is 553 g/mol. The highest BCUT2D eigenvalue weighted by molar-refractivity contribution is 7.98. The van der Waals surface area contributed by atoms with E-state index in [0.717, 1.165) is 46.3 Å². The molecule has 11 heteroatoms. The maximum absolute atomic E-state index is 13.0. The van der Waals surface area contributed by atoms with Crippen molar-refractivity contribution < 1.29 is 32.5 Å². The number of carboxylic acid groups (broad SMARTS) is 1. The van der Waals surface area contributed by atoms with Crippen LogP contribution in [0.15, 0.2) is 47.4 Å². The summed E-state index contributed by atoms with van der Waals surface area (Å²) >= 11 is 3.13. The number of thioether (sulfide) groups is 1. The van der Waals surface area contributed by atoms with Crippen LogP contribution in [0, 0.1) is 0 Å². The molecule has 2 heterocycles. The number of benzene rings is 2. The summed E-state index contributed by atoms with van der Waals surface area (Å²) < 4.78 is 49.9. The molecule has 4 rings (SSSR count). The summed E-state index contributed by atoms with van der Waals surface area (Å²) in [5, 5.41) is 9.58. The van der Waals surface area contributed by atoms with Gasteiger partial charge in [0.15, 0.2) is 6.61 Å². The smallest absolute Gasteiger partial charge is 0.416 e. The van der Waals surface area contributed by atoms with E-state index in [1.807, 2.05) is 19.1 Å². The summed E-state index contributed by atoms with van der Waals surface area (Å²) in [5.41, 5.74) is 1.83. The summed E-state index contributed by atoms with van der Waals surface area (Å²) in [7, 11) is 0. The van der Waals surface area contributed by atoms with Crippen molar-refractivity contribution in [3.05, 3.63) is 64.2 Å². The van der Waals surface area contributed by atoms with Gasteiger partial charge in [0.1, 0.15) is 10.8 Å². The Labute approximate surface area is 221 Å². The molecule has 2 aromatic carbocycles. The predicted molar refractivity (Wildman–Crippen MR) is 137 cm³/mol. The molecule has 1 fully saturated rings. The maximum atomic E-state index is 13.0. The first kappa shape index (κ1) is 27.4. The van der Waals surface area contributed by atoms with Crippen LogP contribution >= 0.6 is 23.1 Å². The van der Waals surface area contributed by atoms with E-state index in [9.17, 15) is 18.0 Å². The Balaban J connectivity index is 1.54. The van der Waals surface area contributed by atoms with Crippen LogP contribution in [0.5, 0.6) is 5.75 Å². The van der Waals surface area contributed by atoms with E-state index in [0.29, 0.717) is 48.3 Å². The number of ether oxygens (including phenoxy) is 2. The van der Waals surface area contributed by atoms with Crippen molar-refractivity contribution >= 4 is 29.1 Å². The number of halogens is 3. The molecule has 198 valence electrons. The van der Waals surface area contributed by atoms with Gasteiger partial charge in [-0.15, -0.1) is 23.1 Å². The zero-order valence-electron chi connectivity index (χ0n) is 20.2. The maximum Gasteiger partial charge on any atom is 0.416 e. The number of nitrogens with zero attached hydrogens (tertiary/aromatic N) is 2. The Morgan fingerprint density at radius 3 is 2.57 bits per heavy atom. The molecule has 0 spiro atoms. The Morgan fingerprint density at radius 2 is 1.92 bits per heavy atom. The summed E-state index contributed by atoms with van der Waals surface area (Å²) in [6.45, 7) is 5.18. The minimum atomic E-state index is -4.38. The van der Waals surface area contributed by atoms with E-state index in [-0.39, 0.29) is 0 Å². The summed E-state index contributed by atoms with van der Waals surface area (Å²) in [5.74, 6) is 0.184. The van der Waals surface area contributed by atoms with Crippen LogP contribution in [-0.4, -0.2) is 53.9 Å². The molecular formula is C26H27F3N2O4S2. The Kier molecular flexibility index (Phi) is 9.12. The number of carbonyl (C=O) groups is 1. The van der Waals surface area contributed by atoms with Gasteiger partial charge >= 0.3 is 12.1 Å². The molecule has 3 aromatic rings. The monoisotopic (exact) mass is 552 g/mol. The molecule has 1 aromatic heterocycles. The molecule has 0 saturated carbocycles. The SMILES string of the molecule is CCc1cc(SCc2sc(-c3ccc(C(F)(F)F)cc3)nc2CN2CCOCC2)ccc1OCC(=O)O. The highest BCUT2D eigenvalue weighted by Crippen LogP contribution is 2.36. The lowest BCUT2D eigenvalue weighted by Gasteiger charge is -2.26. The van der Waals surface area contributed by atoms with E-state index >= 15 is 0 Å². The van der Waals surface area contributed by atoms with Gasteiger partial charge in [0, 0.05) is 40.7 Å². The van der Waals surface area contributed by atoms with E-state index in [2.05, 4.69) is 4.90 Å². The van der Waals surface area contributed by atoms with Crippen molar-refractivity contribution in [3.63, 3.8) is 0 Å². The Bertz CT molecular complexity index is 1210. The molecule has 0 bridgehead atoms. The highest BCUT2D eigenvalue weighted by Gasteiger charge is 2.30. The lowest BCUT2D eigenvalue weighted by atomic mass is 10.1. The average Bonchev–Trinajstić information content (AvgIpc) is 3.29. The predicted octanol–water partition coefficient (Wildman–Crippen LogP) is 5.98. The fourth-order valence-electron chi connectivity index (χ4n) is 3.87. The quantitative estimate of drug-likeness (QED) is 0.310. The van der Waals surface area contributed by atoms with Crippen molar-refractivity contribution in [1.82, 2.24) is 9.88 Å². The zero-order valence-corrected chi connectivity index (χ0v) is 21.8. The molecule has 6 nitrogen and oxygen atoms in total. The molecule has 0 radical (unpaired) electrons. The number of aliphatic carboxylic acids is 1. The fourth-order valence-corrected chi connectivity index (χ4v) is 6.00. The van der Waals surface area contributed by atoms with E-state index in [1.54, 1.807) is 17.8 Å². The van der Waals surface area contributed by atoms with Crippen molar-refractivity contribution in [2.45, 2.75) is 36.7 Å². The summed E-state index contributed by atoms with van der Waals surface area (Å²) in [6, 6.07) is 10.8. The first-order valence-electron chi connectivity index (χ1n) is 11.8. The molecule has 0 unspecified atom stereocenters. The number of aromatic nitrogens is 1. The van der Waals surface area contributed by atoms with E-state index < -0.39 is 24.3 Å². The van der Waals surface area contributed by atoms with Crippen LogP contribution in [0.25, 0.3) is 10.6 Å². The molecule has 37 heavy (non-hydrogen) atoms. The molecular weight excluding hydrogens is 525 g/mol. The number of aryl methyl sites for hydroxylation is 1. The minimum absolute atomic E-state index is 0.391. The third-order valence-electron chi connectivity index (χ3n) is 5.85. The van der Waals surface area contributed by atoms with Gasteiger partial charge in [-0.25, -0.2) is 9.78 Å². The first-order chi connectivity index (χ1) is 17.7. The van der Waals surface area contributed by atoms with Crippen LogP contribution in [-0.2, 0) is 34.4 Å². The number of hydrogen-bond donors (Lipinski definition) is 1. The van der Waals surface area contributed by atoms with Gasteiger partial charge in [-0.1, -0.05) is 19.1 Å².